The molecule has 0 N–H and O–H groups in total. The van der Waals surface area contributed by atoms with Gasteiger partial charge in [-0.25, -0.2) is 4.79 Å². The zero-order valence-electron chi connectivity index (χ0n) is 15.3. The van der Waals surface area contributed by atoms with Crippen LogP contribution in [0.1, 0.15) is 12.8 Å². The molecule has 1 heterocycles. The number of rotatable bonds is 5. The van der Waals surface area contributed by atoms with Crippen LogP contribution >= 0.6 is 0 Å². The van der Waals surface area contributed by atoms with E-state index >= 15 is 0 Å². The van der Waals surface area contributed by atoms with Gasteiger partial charge in [-0.05, 0) is 30.7 Å². The van der Waals surface area contributed by atoms with Crippen molar-refractivity contribution in [3.05, 3.63) is 60.7 Å². The van der Waals surface area contributed by atoms with Crippen molar-refractivity contribution < 1.29 is 19.1 Å². The largest absolute Gasteiger partial charge is 0.493 e. The second kappa shape index (κ2) is 9.62. The normalized spacial score (nSPS) is 14.4. The molecular formula is C21H24N2O4. The van der Waals surface area contributed by atoms with E-state index in [0.29, 0.717) is 45.0 Å². The quantitative estimate of drug-likeness (QED) is 0.813. The SMILES string of the molecule is O=C(CCOc1ccccc1)N1CCCN(C(=O)Oc2ccccc2)CC1. The molecule has 0 bridgehead atoms. The number of nitrogens with zero attached hydrogens (tertiary/aromatic N) is 2. The summed E-state index contributed by atoms with van der Waals surface area (Å²) in [6.07, 6.45) is 0.682. The van der Waals surface area contributed by atoms with E-state index in [2.05, 4.69) is 0 Å². The van der Waals surface area contributed by atoms with E-state index in [0.717, 1.165) is 12.2 Å². The first-order chi connectivity index (χ1) is 13.2. The number of benzene rings is 2. The lowest BCUT2D eigenvalue weighted by atomic mass is 10.3. The molecule has 6 nitrogen and oxygen atoms in total. The van der Waals surface area contributed by atoms with Gasteiger partial charge in [0.25, 0.3) is 0 Å². The van der Waals surface area contributed by atoms with Gasteiger partial charge in [-0.3, -0.25) is 4.79 Å². The Balaban J connectivity index is 1.43. The lowest BCUT2D eigenvalue weighted by molar-refractivity contribution is -0.131. The first-order valence-corrected chi connectivity index (χ1v) is 9.20. The number of amides is 2. The van der Waals surface area contributed by atoms with Crippen LogP contribution in [0.3, 0.4) is 0 Å². The van der Waals surface area contributed by atoms with Crippen LogP contribution in [0.5, 0.6) is 11.5 Å². The summed E-state index contributed by atoms with van der Waals surface area (Å²) in [5.41, 5.74) is 0. The van der Waals surface area contributed by atoms with Crippen molar-refractivity contribution in [1.82, 2.24) is 9.80 Å². The number of hydrogen-bond acceptors (Lipinski definition) is 4. The third-order valence-corrected chi connectivity index (χ3v) is 4.38. The zero-order valence-corrected chi connectivity index (χ0v) is 15.3. The van der Waals surface area contributed by atoms with Gasteiger partial charge in [0.15, 0.2) is 0 Å². The molecule has 0 spiro atoms. The van der Waals surface area contributed by atoms with Gasteiger partial charge in [0.05, 0.1) is 13.0 Å². The van der Waals surface area contributed by atoms with E-state index < -0.39 is 0 Å². The fraction of sp³-hybridized carbons (Fsp3) is 0.333. The van der Waals surface area contributed by atoms with Gasteiger partial charge in [0.1, 0.15) is 11.5 Å². The average Bonchev–Trinajstić information content (AvgIpc) is 2.96. The molecule has 0 atom stereocenters. The molecule has 1 saturated heterocycles. The standard InChI is InChI=1S/C21H24N2O4/c24-20(12-17-26-18-8-3-1-4-9-18)22-13-7-14-23(16-15-22)21(25)27-19-10-5-2-6-11-19/h1-6,8-11H,7,12-17H2. The molecule has 2 amide bonds. The van der Waals surface area contributed by atoms with Crippen LogP contribution in [-0.4, -0.2) is 54.6 Å². The number of carbonyl (C=O) groups is 2. The van der Waals surface area contributed by atoms with Gasteiger partial charge in [-0.15, -0.1) is 0 Å². The summed E-state index contributed by atoms with van der Waals surface area (Å²) in [5.74, 6) is 1.33. The Labute approximate surface area is 159 Å². The number of ether oxygens (including phenoxy) is 2. The topological polar surface area (TPSA) is 59.1 Å². The Bertz CT molecular complexity index is 736. The maximum Gasteiger partial charge on any atom is 0.415 e. The van der Waals surface area contributed by atoms with Crippen LogP contribution in [0, 0.1) is 0 Å². The minimum atomic E-state index is -0.372. The fourth-order valence-corrected chi connectivity index (χ4v) is 2.93. The van der Waals surface area contributed by atoms with Gasteiger partial charge in [-0.2, -0.15) is 0 Å². The van der Waals surface area contributed by atoms with Crippen LogP contribution in [-0.2, 0) is 4.79 Å². The van der Waals surface area contributed by atoms with Gasteiger partial charge >= 0.3 is 6.09 Å². The first kappa shape index (κ1) is 18.8. The average molecular weight is 368 g/mol. The van der Waals surface area contributed by atoms with Crippen molar-refractivity contribution in [2.24, 2.45) is 0 Å². The number of para-hydroxylation sites is 2. The summed E-state index contributed by atoms with van der Waals surface area (Å²) in [4.78, 5) is 28.2. The molecular weight excluding hydrogens is 344 g/mol. The second-order valence-electron chi connectivity index (χ2n) is 6.31. The van der Waals surface area contributed by atoms with Crippen molar-refractivity contribution in [2.75, 3.05) is 32.8 Å². The van der Waals surface area contributed by atoms with Gasteiger partial charge < -0.3 is 19.3 Å². The summed E-state index contributed by atoms with van der Waals surface area (Å²) >= 11 is 0. The van der Waals surface area contributed by atoms with Gasteiger partial charge in [-0.1, -0.05) is 36.4 Å². The first-order valence-electron chi connectivity index (χ1n) is 9.20. The molecule has 6 heteroatoms. The summed E-state index contributed by atoms with van der Waals surface area (Å²) in [6, 6.07) is 18.5. The molecule has 1 aliphatic rings. The van der Waals surface area contributed by atoms with Crippen molar-refractivity contribution in [3.8, 4) is 11.5 Å². The Morgan fingerprint density at radius 1 is 0.778 bits per heavy atom. The summed E-state index contributed by atoms with van der Waals surface area (Å²) < 4.78 is 11.0. The maximum absolute atomic E-state index is 12.4. The Hall–Kier alpha value is -3.02. The minimum absolute atomic E-state index is 0.0456. The third kappa shape index (κ3) is 5.74. The van der Waals surface area contributed by atoms with Crippen LogP contribution in [0.2, 0.25) is 0 Å². The van der Waals surface area contributed by atoms with Crippen LogP contribution < -0.4 is 9.47 Å². The summed E-state index contributed by atoms with van der Waals surface area (Å²) in [5, 5.41) is 0. The summed E-state index contributed by atoms with van der Waals surface area (Å²) in [6.45, 7) is 2.54. The molecule has 1 fully saturated rings. The molecule has 2 aromatic carbocycles. The van der Waals surface area contributed by atoms with Crippen LogP contribution in [0.25, 0.3) is 0 Å². The maximum atomic E-state index is 12.4. The van der Waals surface area contributed by atoms with E-state index in [1.807, 2.05) is 48.5 Å². The zero-order chi connectivity index (χ0) is 18.9. The predicted molar refractivity (Wildman–Crippen MR) is 102 cm³/mol. The van der Waals surface area contributed by atoms with E-state index in [9.17, 15) is 9.59 Å². The van der Waals surface area contributed by atoms with E-state index in [1.165, 1.54) is 0 Å². The Morgan fingerprint density at radius 3 is 2.07 bits per heavy atom. The van der Waals surface area contributed by atoms with Crippen molar-refractivity contribution in [1.29, 1.82) is 0 Å². The van der Waals surface area contributed by atoms with Crippen molar-refractivity contribution in [3.63, 3.8) is 0 Å². The van der Waals surface area contributed by atoms with Gasteiger partial charge in [0, 0.05) is 26.2 Å². The predicted octanol–water partition coefficient (Wildman–Crippen LogP) is 3.19. The minimum Gasteiger partial charge on any atom is -0.493 e. The Kier molecular flexibility index (Phi) is 6.68. The highest BCUT2D eigenvalue weighted by molar-refractivity contribution is 5.76. The fourth-order valence-electron chi connectivity index (χ4n) is 2.93. The molecule has 2 aromatic rings. The highest BCUT2D eigenvalue weighted by Gasteiger charge is 2.23. The Morgan fingerprint density at radius 2 is 1.37 bits per heavy atom. The summed E-state index contributed by atoms with van der Waals surface area (Å²) in [7, 11) is 0. The molecule has 0 aliphatic carbocycles. The van der Waals surface area contributed by atoms with Crippen LogP contribution in [0.15, 0.2) is 60.7 Å². The van der Waals surface area contributed by atoms with E-state index in [1.54, 1.807) is 21.9 Å². The molecule has 0 radical (unpaired) electrons. The van der Waals surface area contributed by atoms with E-state index in [4.69, 9.17) is 9.47 Å². The monoisotopic (exact) mass is 368 g/mol. The highest BCUT2D eigenvalue weighted by atomic mass is 16.6. The lowest BCUT2D eigenvalue weighted by Crippen LogP contribution is -2.38. The molecule has 0 aromatic heterocycles. The molecule has 0 saturated carbocycles. The van der Waals surface area contributed by atoms with Crippen molar-refractivity contribution in [2.45, 2.75) is 12.8 Å². The van der Waals surface area contributed by atoms with E-state index in [-0.39, 0.29) is 12.0 Å². The number of hydrogen-bond donors (Lipinski definition) is 0. The molecule has 1 aliphatic heterocycles. The van der Waals surface area contributed by atoms with Crippen molar-refractivity contribution >= 4 is 12.0 Å². The molecule has 3 rings (SSSR count). The third-order valence-electron chi connectivity index (χ3n) is 4.38. The van der Waals surface area contributed by atoms with Crippen LogP contribution in [0.4, 0.5) is 4.79 Å². The number of carbonyl (C=O) groups excluding carboxylic acids is 2. The molecule has 27 heavy (non-hydrogen) atoms. The molecule has 0 unspecified atom stereocenters. The smallest absolute Gasteiger partial charge is 0.415 e. The lowest BCUT2D eigenvalue weighted by Gasteiger charge is -2.22. The van der Waals surface area contributed by atoms with Gasteiger partial charge in [0.2, 0.25) is 5.91 Å². The molecule has 142 valence electrons. The second-order valence-corrected chi connectivity index (χ2v) is 6.31. The highest BCUT2D eigenvalue weighted by Crippen LogP contribution is 2.13.